The fraction of sp³-hybridized carbons (Fsp3) is 0.0714. The number of carboxylic acids is 1. The van der Waals surface area contributed by atoms with Gasteiger partial charge >= 0.3 is 5.97 Å². The maximum absolute atomic E-state index is 11.0. The summed E-state index contributed by atoms with van der Waals surface area (Å²) in [4.78, 5) is 11.0. The predicted octanol–water partition coefficient (Wildman–Crippen LogP) is 4.83. The van der Waals surface area contributed by atoms with E-state index in [0.717, 1.165) is 12.7 Å². The molecule has 0 heterocycles. The first-order valence-electron chi connectivity index (χ1n) is 5.57. The van der Waals surface area contributed by atoms with Crippen LogP contribution in [-0.4, -0.2) is 11.1 Å². The lowest BCUT2D eigenvalue weighted by Gasteiger charge is -2.11. The van der Waals surface area contributed by atoms with Crippen LogP contribution in [0, 0.1) is 7.14 Å². The Labute approximate surface area is 148 Å². The van der Waals surface area contributed by atoms with E-state index in [-0.39, 0.29) is 5.56 Å². The van der Waals surface area contributed by atoms with Crippen LogP contribution in [0.1, 0.15) is 15.9 Å². The summed E-state index contributed by atoms with van der Waals surface area (Å²) < 4.78 is 7.32. The number of carboxylic acid groups (broad SMARTS) is 1. The Morgan fingerprint density at radius 2 is 1.85 bits per heavy atom. The van der Waals surface area contributed by atoms with Crippen LogP contribution in [-0.2, 0) is 6.61 Å². The monoisotopic (exact) mass is 514 g/mol. The van der Waals surface area contributed by atoms with Gasteiger partial charge in [-0.15, -0.1) is 0 Å². The zero-order valence-electron chi connectivity index (χ0n) is 10.1. The number of carbonyl (C=O) groups is 1. The summed E-state index contributed by atoms with van der Waals surface area (Å²) in [7, 11) is 0. The summed E-state index contributed by atoms with van der Waals surface area (Å²) >= 11 is 10.1. The Balaban J connectivity index is 2.20. The van der Waals surface area contributed by atoms with E-state index in [0.29, 0.717) is 17.4 Å². The van der Waals surface area contributed by atoms with Gasteiger partial charge in [-0.1, -0.05) is 23.7 Å². The molecular weight excluding hydrogens is 505 g/mol. The highest BCUT2D eigenvalue weighted by Gasteiger charge is 2.12. The lowest BCUT2D eigenvalue weighted by Crippen LogP contribution is -2.03. The lowest BCUT2D eigenvalue weighted by molar-refractivity contribution is 0.0696. The normalized spacial score (nSPS) is 10.3. The van der Waals surface area contributed by atoms with E-state index in [4.69, 9.17) is 21.4 Å². The average Bonchev–Trinajstić information content (AvgIpc) is 2.37. The van der Waals surface area contributed by atoms with Crippen molar-refractivity contribution in [1.29, 1.82) is 0 Å². The third-order valence-electron chi connectivity index (χ3n) is 2.52. The van der Waals surface area contributed by atoms with E-state index in [1.165, 1.54) is 0 Å². The summed E-state index contributed by atoms with van der Waals surface area (Å²) in [5.74, 6) is -0.251. The minimum Gasteiger partial charge on any atom is -0.487 e. The minimum absolute atomic E-state index is 0.258. The molecule has 2 rings (SSSR count). The molecule has 6 heteroatoms. The third kappa shape index (κ3) is 3.98. The summed E-state index contributed by atoms with van der Waals surface area (Å²) in [6.07, 6.45) is 0. The molecule has 0 unspecified atom stereocenters. The van der Waals surface area contributed by atoms with Crippen LogP contribution in [0.4, 0.5) is 0 Å². The van der Waals surface area contributed by atoms with E-state index in [1.54, 1.807) is 18.2 Å². The molecule has 0 aromatic heterocycles. The Kier molecular flexibility index (Phi) is 5.50. The van der Waals surface area contributed by atoms with Gasteiger partial charge in [0.2, 0.25) is 0 Å². The fourth-order valence-electron chi connectivity index (χ4n) is 1.60. The maximum atomic E-state index is 11.0. The molecule has 0 aliphatic heterocycles. The predicted molar refractivity (Wildman–Crippen MR) is 94.6 cm³/mol. The summed E-state index contributed by atoms with van der Waals surface area (Å²) in [6.45, 7) is 0.388. The van der Waals surface area contributed by atoms with Gasteiger partial charge in [-0.25, -0.2) is 4.79 Å². The summed E-state index contributed by atoms with van der Waals surface area (Å²) in [5, 5.41) is 9.66. The molecule has 0 saturated carbocycles. The first kappa shape index (κ1) is 15.8. The molecule has 20 heavy (non-hydrogen) atoms. The number of benzene rings is 2. The minimum atomic E-state index is -0.942. The molecule has 1 N–H and O–H groups in total. The fourth-order valence-corrected chi connectivity index (χ4v) is 3.90. The van der Waals surface area contributed by atoms with Crippen molar-refractivity contribution < 1.29 is 14.6 Å². The second-order valence-electron chi connectivity index (χ2n) is 3.99. The molecule has 0 atom stereocenters. The van der Waals surface area contributed by atoms with E-state index in [1.807, 2.05) is 18.2 Å². The van der Waals surface area contributed by atoms with Gasteiger partial charge < -0.3 is 9.84 Å². The van der Waals surface area contributed by atoms with Crippen LogP contribution >= 0.6 is 56.8 Å². The van der Waals surface area contributed by atoms with Crippen LogP contribution in [0.15, 0.2) is 36.4 Å². The van der Waals surface area contributed by atoms with Crippen molar-refractivity contribution >= 4 is 62.8 Å². The quantitative estimate of drug-likeness (QED) is 0.595. The van der Waals surface area contributed by atoms with E-state index < -0.39 is 5.97 Å². The van der Waals surface area contributed by atoms with Crippen molar-refractivity contribution in [2.24, 2.45) is 0 Å². The number of halogens is 3. The second kappa shape index (κ2) is 6.95. The zero-order valence-corrected chi connectivity index (χ0v) is 15.1. The number of hydrogen-bond donors (Lipinski definition) is 1. The van der Waals surface area contributed by atoms with Gasteiger partial charge in [-0.2, -0.15) is 0 Å². The van der Waals surface area contributed by atoms with Crippen LogP contribution in [0.2, 0.25) is 5.02 Å². The van der Waals surface area contributed by atoms with Crippen molar-refractivity contribution in [2.45, 2.75) is 6.61 Å². The molecule has 0 radical (unpaired) electrons. The third-order valence-corrected chi connectivity index (χ3v) is 4.36. The molecule has 0 aliphatic rings. The SMILES string of the molecule is O=C(O)c1cc(I)c(OCc2cccc(Cl)c2)c(I)c1. The van der Waals surface area contributed by atoms with Gasteiger partial charge in [0.1, 0.15) is 12.4 Å². The van der Waals surface area contributed by atoms with Crippen molar-refractivity contribution in [2.75, 3.05) is 0 Å². The number of ether oxygens (including phenoxy) is 1. The second-order valence-corrected chi connectivity index (χ2v) is 6.75. The maximum Gasteiger partial charge on any atom is 0.335 e. The largest absolute Gasteiger partial charge is 0.487 e. The van der Waals surface area contributed by atoms with Crippen LogP contribution in [0.25, 0.3) is 0 Å². The molecule has 2 aromatic rings. The first-order valence-corrected chi connectivity index (χ1v) is 8.10. The lowest BCUT2D eigenvalue weighted by atomic mass is 10.2. The Bertz CT molecular complexity index is 636. The zero-order chi connectivity index (χ0) is 14.7. The van der Waals surface area contributed by atoms with Crippen molar-refractivity contribution in [3.8, 4) is 5.75 Å². The molecule has 0 bridgehead atoms. The Hall–Kier alpha value is -0.540. The highest BCUT2D eigenvalue weighted by molar-refractivity contribution is 14.1. The Morgan fingerprint density at radius 3 is 2.40 bits per heavy atom. The summed E-state index contributed by atoms with van der Waals surface area (Å²) in [5.41, 5.74) is 1.22. The number of hydrogen-bond acceptors (Lipinski definition) is 2. The highest BCUT2D eigenvalue weighted by Crippen LogP contribution is 2.30. The standard InChI is InChI=1S/C14H9ClI2O3/c15-10-3-1-2-8(4-10)7-20-13-11(16)5-9(14(18)19)6-12(13)17/h1-6H,7H2,(H,18,19). The molecular formula is C14H9ClI2O3. The van der Waals surface area contributed by atoms with Gasteiger partial charge in [0.15, 0.2) is 0 Å². The van der Waals surface area contributed by atoms with Crippen molar-refractivity contribution in [3.63, 3.8) is 0 Å². The van der Waals surface area contributed by atoms with Gasteiger partial charge in [0, 0.05) is 5.02 Å². The van der Waals surface area contributed by atoms with E-state index in [2.05, 4.69) is 45.2 Å². The average molecular weight is 514 g/mol. The van der Waals surface area contributed by atoms with Gasteiger partial charge in [0.25, 0.3) is 0 Å². The van der Waals surface area contributed by atoms with Crippen molar-refractivity contribution in [1.82, 2.24) is 0 Å². The van der Waals surface area contributed by atoms with Gasteiger partial charge in [0.05, 0.1) is 12.7 Å². The number of aromatic carboxylic acids is 1. The summed E-state index contributed by atoms with van der Waals surface area (Å²) in [6, 6.07) is 10.6. The topological polar surface area (TPSA) is 46.5 Å². The van der Waals surface area contributed by atoms with Gasteiger partial charge in [-0.05, 0) is 75.0 Å². The molecule has 0 amide bonds. The van der Waals surface area contributed by atoms with Crippen LogP contribution in [0.3, 0.4) is 0 Å². The van der Waals surface area contributed by atoms with Gasteiger partial charge in [-0.3, -0.25) is 0 Å². The van der Waals surface area contributed by atoms with E-state index in [9.17, 15) is 4.79 Å². The smallest absolute Gasteiger partial charge is 0.335 e. The molecule has 2 aromatic carbocycles. The molecule has 3 nitrogen and oxygen atoms in total. The molecule has 0 spiro atoms. The van der Waals surface area contributed by atoms with Crippen molar-refractivity contribution in [3.05, 3.63) is 59.7 Å². The molecule has 0 fully saturated rings. The highest BCUT2D eigenvalue weighted by atomic mass is 127. The van der Waals surface area contributed by atoms with E-state index >= 15 is 0 Å². The van der Waals surface area contributed by atoms with Crippen LogP contribution < -0.4 is 4.74 Å². The molecule has 0 saturated heterocycles. The number of rotatable bonds is 4. The molecule has 104 valence electrons. The Morgan fingerprint density at radius 1 is 1.20 bits per heavy atom. The first-order chi connectivity index (χ1) is 9.47. The molecule has 0 aliphatic carbocycles. The van der Waals surface area contributed by atoms with Crippen LogP contribution in [0.5, 0.6) is 5.75 Å².